The molecule has 0 bridgehead atoms. The summed E-state index contributed by atoms with van der Waals surface area (Å²) in [6, 6.07) is 14.9. The molecule has 7 nitrogen and oxygen atoms in total. The molecule has 2 aromatic carbocycles. The lowest BCUT2D eigenvalue weighted by molar-refractivity contribution is -0.116. The monoisotopic (exact) mass is 434 g/mol. The van der Waals surface area contributed by atoms with Crippen molar-refractivity contribution in [1.82, 2.24) is 14.9 Å². The van der Waals surface area contributed by atoms with Crippen LogP contribution < -0.4 is 15.4 Å². The highest BCUT2D eigenvalue weighted by molar-refractivity contribution is 5.97. The highest BCUT2D eigenvalue weighted by Crippen LogP contribution is 2.24. The molecule has 0 spiro atoms. The largest absolute Gasteiger partial charge is 0.492 e. The summed E-state index contributed by atoms with van der Waals surface area (Å²) in [4.78, 5) is 28.5. The molecule has 1 heterocycles. The summed E-state index contributed by atoms with van der Waals surface area (Å²) >= 11 is 0. The minimum atomic E-state index is -0.216. The van der Waals surface area contributed by atoms with Crippen molar-refractivity contribution in [2.45, 2.75) is 39.2 Å². The molecule has 0 radical (unpaired) electrons. The van der Waals surface area contributed by atoms with Crippen LogP contribution in [0.4, 0.5) is 5.69 Å². The minimum Gasteiger partial charge on any atom is -0.492 e. The Morgan fingerprint density at radius 1 is 1.09 bits per heavy atom. The molecule has 32 heavy (non-hydrogen) atoms. The van der Waals surface area contributed by atoms with Crippen molar-refractivity contribution in [2.24, 2.45) is 0 Å². The van der Waals surface area contributed by atoms with E-state index in [1.165, 1.54) is 5.56 Å². The Bertz CT molecular complexity index is 1020. The first kappa shape index (κ1) is 23.1. The molecule has 3 aromatic rings. The molecule has 3 rings (SSSR count). The van der Waals surface area contributed by atoms with Crippen molar-refractivity contribution < 1.29 is 14.3 Å². The van der Waals surface area contributed by atoms with Gasteiger partial charge in [0.15, 0.2) is 0 Å². The SMILES string of the molecule is CC(C)(C)c1ccc(OCCNC(=O)c2cccc(NC(=O)CCn3ccnc3)c2)cc1. The highest BCUT2D eigenvalue weighted by atomic mass is 16.5. The number of rotatable bonds is 9. The van der Waals surface area contributed by atoms with E-state index < -0.39 is 0 Å². The van der Waals surface area contributed by atoms with E-state index in [1.54, 1.807) is 36.8 Å². The number of hydrogen-bond donors (Lipinski definition) is 2. The maximum Gasteiger partial charge on any atom is 0.251 e. The number of aromatic nitrogens is 2. The van der Waals surface area contributed by atoms with Crippen LogP contribution in [0.15, 0.2) is 67.3 Å². The van der Waals surface area contributed by atoms with E-state index in [4.69, 9.17) is 4.74 Å². The average molecular weight is 435 g/mol. The zero-order chi connectivity index (χ0) is 23.0. The quantitative estimate of drug-likeness (QED) is 0.498. The predicted octanol–water partition coefficient (Wildman–Crippen LogP) is 4.02. The molecule has 7 heteroatoms. The Morgan fingerprint density at radius 2 is 1.88 bits per heavy atom. The number of carbonyl (C=O) groups is 2. The number of nitrogens with one attached hydrogen (secondary N) is 2. The van der Waals surface area contributed by atoms with Gasteiger partial charge in [0.2, 0.25) is 5.91 Å². The van der Waals surface area contributed by atoms with E-state index in [0.29, 0.717) is 37.4 Å². The van der Waals surface area contributed by atoms with Crippen LogP contribution >= 0.6 is 0 Å². The van der Waals surface area contributed by atoms with Crippen LogP contribution in [0.3, 0.4) is 0 Å². The van der Waals surface area contributed by atoms with Crippen LogP contribution in [-0.4, -0.2) is 34.5 Å². The van der Waals surface area contributed by atoms with Crippen LogP contribution in [0, 0.1) is 0 Å². The normalized spacial score (nSPS) is 11.1. The Labute approximate surface area is 188 Å². The van der Waals surface area contributed by atoms with Crippen molar-refractivity contribution >= 4 is 17.5 Å². The van der Waals surface area contributed by atoms with Gasteiger partial charge < -0.3 is 19.9 Å². The van der Waals surface area contributed by atoms with E-state index in [-0.39, 0.29) is 17.2 Å². The van der Waals surface area contributed by atoms with Gasteiger partial charge in [-0.25, -0.2) is 4.98 Å². The Kier molecular flexibility index (Phi) is 7.65. The van der Waals surface area contributed by atoms with Crippen LogP contribution in [0.5, 0.6) is 5.75 Å². The van der Waals surface area contributed by atoms with Gasteiger partial charge in [-0.1, -0.05) is 39.0 Å². The third-order valence-corrected chi connectivity index (χ3v) is 4.94. The van der Waals surface area contributed by atoms with Crippen molar-refractivity contribution in [3.05, 3.63) is 78.4 Å². The maximum absolute atomic E-state index is 12.4. The number of aryl methyl sites for hydroxylation is 1. The highest BCUT2D eigenvalue weighted by Gasteiger charge is 2.13. The molecule has 1 aromatic heterocycles. The zero-order valence-electron chi connectivity index (χ0n) is 18.8. The van der Waals surface area contributed by atoms with Crippen LogP contribution in [0.25, 0.3) is 0 Å². The lowest BCUT2D eigenvalue weighted by Crippen LogP contribution is -2.28. The molecular formula is C25H30N4O3. The van der Waals surface area contributed by atoms with E-state index in [0.717, 1.165) is 5.75 Å². The zero-order valence-corrected chi connectivity index (χ0v) is 18.8. The Morgan fingerprint density at radius 3 is 2.56 bits per heavy atom. The van der Waals surface area contributed by atoms with Gasteiger partial charge >= 0.3 is 0 Å². The third-order valence-electron chi connectivity index (χ3n) is 4.94. The summed E-state index contributed by atoms with van der Waals surface area (Å²) < 4.78 is 7.55. The van der Waals surface area contributed by atoms with Crippen LogP contribution in [0.2, 0.25) is 0 Å². The van der Waals surface area contributed by atoms with E-state index in [9.17, 15) is 9.59 Å². The maximum atomic E-state index is 12.4. The summed E-state index contributed by atoms with van der Waals surface area (Å²) in [6.45, 7) is 7.79. The molecule has 0 unspecified atom stereocenters. The first-order chi connectivity index (χ1) is 15.3. The minimum absolute atomic E-state index is 0.0978. The van der Waals surface area contributed by atoms with Gasteiger partial charge in [-0.2, -0.15) is 0 Å². The number of ether oxygens (including phenoxy) is 1. The van der Waals surface area contributed by atoms with E-state index in [2.05, 4.69) is 48.5 Å². The standard InChI is InChI=1S/C25H30N4O3/c1-25(2,3)20-7-9-22(10-8-20)32-16-13-27-24(31)19-5-4-6-21(17-19)28-23(30)11-14-29-15-12-26-18-29/h4-10,12,15,17-18H,11,13-14,16H2,1-3H3,(H,27,31)(H,28,30). The predicted molar refractivity (Wildman–Crippen MR) is 125 cm³/mol. The number of anilines is 1. The second-order valence-corrected chi connectivity index (χ2v) is 8.56. The topological polar surface area (TPSA) is 85.3 Å². The molecule has 0 fully saturated rings. The molecule has 0 aliphatic heterocycles. The fourth-order valence-corrected chi connectivity index (χ4v) is 3.10. The fourth-order valence-electron chi connectivity index (χ4n) is 3.10. The summed E-state index contributed by atoms with van der Waals surface area (Å²) in [5, 5.41) is 5.67. The summed E-state index contributed by atoms with van der Waals surface area (Å²) in [6.07, 6.45) is 5.47. The molecule has 0 aliphatic carbocycles. The number of amides is 2. The molecule has 0 saturated heterocycles. The Balaban J connectivity index is 1.42. The lowest BCUT2D eigenvalue weighted by atomic mass is 9.87. The van der Waals surface area contributed by atoms with Gasteiger partial charge in [-0.3, -0.25) is 9.59 Å². The molecule has 2 N–H and O–H groups in total. The molecule has 2 amide bonds. The number of hydrogen-bond acceptors (Lipinski definition) is 4. The summed E-state index contributed by atoms with van der Waals surface area (Å²) in [5.74, 6) is 0.431. The van der Waals surface area contributed by atoms with Crippen LogP contribution in [-0.2, 0) is 16.8 Å². The fraction of sp³-hybridized carbons (Fsp3) is 0.320. The third kappa shape index (κ3) is 6.97. The smallest absolute Gasteiger partial charge is 0.251 e. The Hall–Kier alpha value is -3.61. The average Bonchev–Trinajstić information content (AvgIpc) is 3.29. The van der Waals surface area contributed by atoms with Gasteiger partial charge in [0.05, 0.1) is 12.9 Å². The first-order valence-electron chi connectivity index (χ1n) is 10.7. The van der Waals surface area contributed by atoms with Crippen molar-refractivity contribution in [2.75, 3.05) is 18.5 Å². The number of nitrogens with zero attached hydrogens (tertiary/aromatic N) is 2. The van der Waals surface area contributed by atoms with Crippen molar-refractivity contribution in [1.29, 1.82) is 0 Å². The summed E-state index contributed by atoms with van der Waals surface area (Å²) in [7, 11) is 0. The molecule has 0 atom stereocenters. The van der Waals surface area contributed by atoms with Gasteiger partial charge in [-0.05, 0) is 41.3 Å². The molecule has 0 saturated carbocycles. The number of benzene rings is 2. The van der Waals surface area contributed by atoms with Gasteiger partial charge in [0.25, 0.3) is 5.91 Å². The van der Waals surface area contributed by atoms with E-state index >= 15 is 0 Å². The number of imidazole rings is 1. The van der Waals surface area contributed by atoms with E-state index in [1.807, 2.05) is 22.9 Å². The lowest BCUT2D eigenvalue weighted by Gasteiger charge is -2.19. The second kappa shape index (κ2) is 10.6. The van der Waals surface area contributed by atoms with Crippen LogP contribution in [0.1, 0.15) is 43.1 Å². The van der Waals surface area contributed by atoms with Gasteiger partial charge in [-0.15, -0.1) is 0 Å². The number of carbonyl (C=O) groups excluding carboxylic acids is 2. The second-order valence-electron chi connectivity index (χ2n) is 8.56. The van der Waals surface area contributed by atoms with Gasteiger partial charge in [0, 0.05) is 36.6 Å². The molecule has 168 valence electrons. The van der Waals surface area contributed by atoms with Crippen molar-refractivity contribution in [3.63, 3.8) is 0 Å². The summed E-state index contributed by atoms with van der Waals surface area (Å²) in [5.41, 5.74) is 2.41. The molecule has 0 aliphatic rings. The first-order valence-corrected chi connectivity index (χ1v) is 10.7. The van der Waals surface area contributed by atoms with Crippen molar-refractivity contribution in [3.8, 4) is 5.75 Å². The van der Waals surface area contributed by atoms with Gasteiger partial charge in [0.1, 0.15) is 12.4 Å². The molecular weight excluding hydrogens is 404 g/mol.